The van der Waals surface area contributed by atoms with Crippen molar-refractivity contribution < 1.29 is 13.2 Å². The molecule has 29 heavy (non-hydrogen) atoms. The number of nitrogens with zero attached hydrogens (tertiary/aromatic N) is 4. The van der Waals surface area contributed by atoms with Crippen LogP contribution in [0.2, 0.25) is 0 Å². The number of sulfonamides is 1. The van der Waals surface area contributed by atoms with Gasteiger partial charge in [0.1, 0.15) is 0 Å². The van der Waals surface area contributed by atoms with E-state index in [1.54, 1.807) is 34.5 Å². The van der Waals surface area contributed by atoms with E-state index >= 15 is 0 Å². The summed E-state index contributed by atoms with van der Waals surface area (Å²) in [4.78, 5) is 14.8. The number of hydrogen-bond acceptors (Lipinski definition) is 8. The summed E-state index contributed by atoms with van der Waals surface area (Å²) in [6.45, 7) is 1.74. The van der Waals surface area contributed by atoms with Gasteiger partial charge in [-0.25, -0.2) is 8.42 Å². The highest BCUT2D eigenvalue weighted by molar-refractivity contribution is 8.01. The summed E-state index contributed by atoms with van der Waals surface area (Å²) in [5.74, 6) is 0.257. The molecular weight excluding hydrogens is 430 g/mol. The number of hydrogen-bond donors (Lipinski definition) is 1. The third-order valence-corrected chi connectivity index (χ3v) is 9.09. The van der Waals surface area contributed by atoms with Crippen LogP contribution in [0.15, 0.2) is 27.4 Å². The minimum Gasteiger partial charge on any atom is -0.363 e. The summed E-state index contributed by atoms with van der Waals surface area (Å²) in [7, 11) is -1.68. The predicted octanol–water partition coefficient (Wildman–Crippen LogP) is 2.44. The van der Waals surface area contributed by atoms with Gasteiger partial charge in [-0.2, -0.15) is 4.31 Å². The summed E-state index contributed by atoms with van der Waals surface area (Å²) in [5.41, 5.74) is 1.72. The molecule has 0 radical (unpaired) electrons. The average molecular weight is 454 g/mol. The highest BCUT2D eigenvalue weighted by Gasteiger charge is 2.30. The molecule has 4 rings (SSSR count). The Morgan fingerprint density at radius 3 is 2.72 bits per heavy atom. The lowest BCUT2D eigenvalue weighted by Crippen LogP contribution is -2.35. The number of aromatic nitrogens is 2. The van der Waals surface area contributed by atoms with E-state index in [1.807, 2.05) is 0 Å². The second kappa shape index (κ2) is 8.58. The maximum Gasteiger partial charge on any atom is 0.243 e. The largest absolute Gasteiger partial charge is 0.363 e. The smallest absolute Gasteiger partial charge is 0.243 e. The first-order chi connectivity index (χ1) is 14.0. The Hall–Kier alpha value is -1.69. The lowest BCUT2D eigenvalue weighted by Gasteiger charge is -2.26. The summed E-state index contributed by atoms with van der Waals surface area (Å²) < 4.78 is 28.1. The Labute approximate surface area is 178 Å². The first-order valence-electron chi connectivity index (χ1n) is 9.56. The zero-order valence-corrected chi connectivity index (χ0v) is 18.6. The molecule has 0 atom stereocenters. The van der Waals surface area contributed by atoms with E-state index < -0.39 is 10.0 Å². The van der Waals surface area contributed by atoms with Crippen LogP contribution < -0.4 is 10.2 Å². The van der Waals surface area contributed by atoms with Crippen LogP contribution in [-0.4, -0.2) is 61.3 Å². The molecule has 0 saturated carbocycles. The number of anilines is 2. The Balaban J connectivity index is 1.45. The monoisotopic (exact) mass is 453 g/mol. The van der Waals surface area contributed by atoms with Crippen LogP contribution in [0.25, 0.3) is 0 Å². The number of carbonyl (C=O) groups is 1. The van der Waals surface area contributed by atoms with Crippen molar-refractivity contribution in [2.75, 3.05) is 42.7 Å². The van der Waals surface area contributed by atoms with Gasteiger partial charge in [-0.05, 0) is 43.0 Å². The number of thioether (sulfide) groups is 1. The maximum absolute atomic E-state index is 12.9. The zero-order valence-electron chi connectivity index (χ0n) is 16.1. The average Bonchev–Trinajstić information content (AvgIpc) is 3.39. The molecule has 11 heteroatoms. The van der Waals surface area contributed by atoms with E-state index in [0.717, 1.165) is 34.9 Å². The molecule has 2 aliphatic heterocycles. The van der Waals surface area contributed by atoms with Crippen LogP contribution in [0, 0.1) is 0 Å². The highest BCUT2D eigenvalue weighted by atomic mass is 32.2. The topological polar surface area (TPSA) is 95.5 Å². The van der Waals surface area contributed by atoms with Crippen LogP contribution >= 0.6 is 23.1 Å². The van der Waals surface area contributed by atoms with Gasteiger partial charge in [0.25, 0.3) is 0 Å². The first kappa shape index (κ1) is 20.6. The summed E-state index contributed by atoms with van der Waals surface area (Å²) >= 11 is 2.77. The number of benzene rings is 1. The van der Waals surface area contributed by atoms with Crippen molar-refractivity contribution in [2.45, 2.75) is 34.9 Å². The second-order valence-corrected chi connectivity index (χ2v) is 11.1. The molecule has 1 saturated heterocycles. The molecule has 1 aromatic heterocycles. The van der Waals surface area contributed by atoms with Crippen molar-refractivity contribution in [3.63, 3.8) is 0 Å². The number of carbonyl (C=O) groups excluding carboxylic acids is 1. The second-order valence-electron chi connectivity index (χ2n) is 6.96. The molecule has 2 aromatic rings. The van der Waals surface area contributed by atoms with Crippen molar-refractivity contribution in [3.05, 3.63) is 23.8 Å². The summed E-state index contributed by atoms with van der Waals surface area (Å²) in [6.07, 6.45) is 3.57. The summed E-state index contributed by atoms with van der Waals surface area (Å²) in [6, 6.07) is 5.14. The molecule has 1 N–H and O–H groups in total. The van der Waals surface area contributed by atoms with Gasteiger partial charge < -0.3 is 10.2 Å². The molecule has 1 amide bonds. The molecule has 8 nitrogen and oxygen atoms in total. The van der Waals surface area contributed by atoms with E-state index in [4.69, 9.17) is 0 Å². The lowest BCUT2D eigenvalue weighted by molar-refractivity contribution is -0.116. The van der Waals surface area contributed by atoms with Crippen LogP contribution in [-0.2, 0) is 21.2 Å². The fourth-order valence-electron chi connectivity index (χ4n) is 3.62. The molecular formula is C18H23N5O3S3. The third-order valence-electron chi connectivity index (χ3n) is 5.14. The van der Waals surface area contributed by atoms with Gasteiger partial charge in [0.2, 0.25) is 21.1 Å². The predicted molar refractivity (Wildman–Crippen MR) is 115 cm³/mol. The molecule has 3 heterocycles. The normalized spacial score (nSPS) is 17.3. The SMILES string of the molecule is CNc1nnc(SCC(=O)N2CCc3cc(S(=O)(=O)N4CCCCC4)ccc32)s1. The minimum absolute atomic E-state index is 0.0124. The van der Waals surface area contributed by atoms with E-state index in [-0.39, 0.29) is 11.7 Å². The van der Waals surface area contributed by atoms with E-state index in [1.165, 1.54) is 23.1 Å². The standard InChI is InChI=1S/C18H23N5O3S3/c1-19-17-20-21-18(28-17)27-12-16(24)23-10-7-13-11-14(5-6-15(13)23)29(25,26)22-8-3-2-4-9-22/h5-6,11H,2-4,7-10,12H2,1H3,(H,19,20). The van der Waals surface area contributed by atoms with E-state index in [9.17, 15) is 13.2 Å². The number of piperidine rings is 1. The van der Waals surface area contributed by atoms with Gasteiger partial charge in [-0.3, -0.25) is 4.79 Å². The molecule has 0 unspecified atom stereocenters. The molecule has 0 aliphatic carbocycles. The van der Waals surface area contributed by atoms with Gasteiger partial charge in [-0.1, -0.05) is 29.5 Å². The Morgan fingerprint density at radius 1 is 1.21 bits per heavy atom. The van der Waals surface area contributed by atoms with Crippen LogP contribution in [0.3, 0.4) is 0 Å². The quantitative estimate of drug-likeness (QED) is 0.671. The molecule has 1 fully saturated rings. The van der Waals surface area contributed by atoms with E-state index in [0.29, 0.717) is 36.1 Å². The highest BCUT2D eigenvalue weighted by Crippen LogP contribution is 2.33. The zero-order chi connectivity index (χ0) is 20.4. The van der Waals surface area contributed by atoms with Crippen molar-refractivity contribution in [1.29, 1.82) is 0 Å². The Morgan fingerprint density at radius 2 is 2.00 bits per heavy atom. The van der Waals surface area contributed by atoms with E-state index in [2.05, 4.69) is 15.5 Å². The van der Waals surface area contributed by atoms with Gasteiger partial charge in [0.05, 0.1) is 10.6 Å². The van der Waals surface area contributed by atoms with Crippen molar-refractivity contribution in [2.24, 2.45) is 0 Å². The fraction of sp³-hybridized carbons (Fsp3) is 0.500. The van der Waals surface area contributed by atoms with Crippen molar-refractivity contribution in [1.82, 2.24) is 14.5 Å². The third kappa shape index (κ3) is 4.27. The van der Waals surface area contributed by atoms with Crippen molar-refractivity contribution >= 4 is 49.8 Å². The number of amides is 1. The molecule has 1 aromatic carbocycles. The maximum atomic E-state index is 12.9. The molecule has 156 valence electrons. The first-order valence-corrected chi connectivity index (χ1v) is 12.8. The Kier molecular flexibility index (Phi) is 6.09. The fourth-order valence-corrected chi connectivity index (χ4v) is 6.77. The number of nitrogens with one attached hydrogen (secondary N) is 1. The minimum atomic E-state index is -3.46. The van der Waals surface area contributed by atoms with Crippen molar-refractivity contribution in [3.8, 4) is 0 Å². The number of rotatable bonds is 6. The summed E-state index contributed by atoms with van der Waals surface area (Å²) in [5, 5.41) is 11.7. The number of fused-ring (bicyclic) bond motifs is 1. The van der Waals surface area contributed by atoms with Gasteiger partial charge in [0, 0.05) is 32.4 Å². The van der Waals surface area contributed by atoms with Gasteiger partial charge in [0.15, 0.2) is 4.34 Å². The Bertz CT molecular complexity index is 1000. The molecule has 0 bridgehead atoms. The molecule has 0 spiro atoms. The van der Waals surface area contributed by atoms with Crippen LogP contribution in [0.1, 0.15) is 24.8 Å². The lowest BCUT2D eigenvalue weighted by atomic mass is 10.2. The van der Waals surface area contributed by atoms with Gasteiger partial charge >= 0.3 is 0 Å². The van der Waals surface area contributed by atoms with Crippen LogP contribution in [0.5, 0.6) is 0 Å². The molecule has 2 aliphatic rings. The van der Waals surface area contributed by atoms with Gasteiger partial charge in [-0.15, -0.1) is 10.2 Å². The van der Waals surface area contributed by atoms with Crippen LogP contribution in [0.4, 0.5) is 10.8 Å².